The molecular formula is C29H52O3. The van der Waals surface area contributed by atoms with Crippen molar-refractivity contribution >= 4 is 0 Å². The standard InChI is InChI=1S/C29H52O3/c1-3-5-7-9-11-13-15-20-24-30-26-29(32-28-22-18-17-19-23-28)27-31-25-21-16-14-12-10-8-6-4-2/h17-19,22-23,29H,3-16,20-21,24-27H2,1-2H3. The average molecular weight is 449 g/mol. The van der Waals surface area contributed by atoms with Gasteiger partial charge in [0.25, 0.3) is 0 Å². The zero-order valence-corrected chi connectivity index (χ0v) is 21.3. The largest absolute Gasteiger partial charge is 0.486 e. The van der Waals surface area contributed by atoms with Gasteiger partial charge >= 0.3 is 0 Å². The van der Waals surface area contributed by atoms with Crippen LogP contribution in [0, 0.1) is 0 Å². The topological polar surface area (TPSA) is 27.7 Å². The van der Waals surface area contributed by atoms with Gasteiger partial charge < -0.3 is 14.2 Å². The van der Waals surface area contributed by atoms with E-state index in [1.165, 1.54) is 89.9 Å². The first-order valence-electron chi connectivity index (χ1n) is 13.7. The van der Waals surface area contributed by atoms with Crippen molar-refractivity contribution in [3.63, 3.8) is 0 Å². The summed E-state index contributed by atoms with van der Waals surface area (Å²) >= 11 is 0. The minimum Gasteiger partial charge on any atom is -0.486 e. The van der Waals surface area contributed by atoms with Crippen LogP contribution in [0.5, 0.6) is 5.75 Å². The Labute approximate surface area is 199 Å². The van der Waals surface area contributed by atoms with Crippen LogP contribution in [0.1, 0.15) is 117 Å². The van der Waals surface area contributed by atoms with E-state index in [2.05, 4.69) is 13.8 Å². The van der Waals surface area contributed by atoms with Gasteiger partial charge in [-0.15, -0.1) is 0 Å². The maximum atomic E-state index is 6.13. The maximum Gasteiger partial charge on any atom is 0.145 e. The van der Waals surface area contributed by atoms with E-state index in [0.29, 0.717) is 13.2 Å². The van der Waals surface area contributed by atoms with Crippen molar-refractivity contribution in [2.45, 2.75) is 123 Å². The molecule has 0 aromatic heterocycles. The highest BCUT2D eigenvalue weighted by molar-refractivity contribution is 5.21. The SMILES string of the molecule is CCCCCCCCCCOCC(COCCCCCCCCCC)Oc1ccccc1. The molecule has 0 aliphatic heterocycles. The van der Waals surface area contributed by atoms with E-state index in [-0.39, 0.29) is 6.10 Å². The fraction of sp³-hybridized carbons (Fsp3) is 0.793. The third kappa shape index (κ3) is 18.5. The number of ether oxygens (including phenoxy) is 3. The van der Waals surface area contributed by atoms with E-state index < -0.39 is 0 Å². The second-order valence-electron chi connectivity index (χ2n) is 9.15. The second kappa shape index (κ2) is 23.1. The molecule has 0 atom stereocenters. The third-order valence-corrected chi connectivity index (χ3v) is 5.94. The van der Waals surface area contributed by atoms with Gasteiger partial charge in [-0.05, 0) is 25.0 Å². The molecule has 0 bridgehead atoms. The van der Waals surface area contributed by atoms with Gasteiger partial charge in [-0.3, -0.25) is 0 Å². The van der Waals surface area contributed by atoms with E-state index in [4.69, 9.17) is 14.2 Å². The fourth-order valence-corrected chi connectivity index (χ4v) is 3.91. The van der Waals surface area contributed by atoms with Crippen molar-refractivity contribution in [3.8, 4) is 5.75 Å². The highest BCUT2D eigenvalue weighted by atomic mass is 16.6. The summed E-state index contributed by atoms with van der Waals surface area (Å²) in [7, 11) is 0. The zero-order chi connectivity index (χ0) is 23.0. The molecule has 1 rings (SSSR count). The molecule has 0 spiro atoms. The minimum atomic E-state index is -0.0412. The lowest BCUT2D eigenvalue weighted by Crippen LogP contribution is -2.29. The molecule has 0 heterocycles. The van der Waals surface area contributed by atoms with Crippen molar-refractivity contribution in [3.05, 3.63) is 30.3 Å². The molecule has 0 aliphatic carbocycles. The monoisotopic (exact) mass is 448 g/mol. The fourth-order valence-electron chi connectivity index (χ4n) is 3.91. The first-order chi connectivity index (χ1) is 15.9. The van der Waals surface area contributed by atoms with Crippen molar-refractivity contribution < 1.29 is 14.2 Å². The Bertz CT molecular complexity index is 453. The zero-order valence-electron chi connectivity index (χ0n) is 21.3. The Kier molecular flexibility index (Phi) is 20.9. The van der Waals surface area contributed by atoms with E-state index in [1.807, 2.05) is 30.3 Å². The number of para-hydroxylation sites is 1. The van der Waals surface area contributed by atoms with Crippen LogP contribution in [0.2, 0.25) is 0 Å². The van der Waals surface area contributed by atoms with Gasteiger partial charge in [-0.2, -0.15) is 0 Å². The van der Waals surface area contributed by atoms with Gasteiger partial charge in [0.15, 0.2) is 0 Å². The van der Waals surface area contributed by atoms with E-state index in [0.717, 1.165) is 31.8 Å². The normalized spacial score (nSPS) is 11.3. The molecule has 0 unspecified atom stereocenters. The van der Waals surface area contributed by atoms with Crippen molar-refractivity contribution in [1.29, 1.82) is 0 Å². The van der Waals surface area contributed by atoms with Gasteiger partial charge in [0.05, 0.1) is 13.2 Å². The number of rotatable bonds is 24. The van der Waals surface area contributed by atoms with Gasteiger partial charge in [-0.1, -0.05) is 122 Å². The minimum absolute atomic E-state index is 0.0412. The molecule has 3 heteroatoms. The van der Waals surface area contributed by atoms with E-state index >= 15 is 0 Å². The summed E-state index contributed by atoms with van der Waals surface area (Å²) in [6, 6.07) is 10.0. The van der Waals surface area contributed by atoms with Crippen LogP contribution in [0.3, 0.4) is 0 Å². The van der Waals surface area contributed by atoms with Crippen LogP contribution in [-0.4, -0.2) is 32.5 Å². The van der Waals surface area contributed by atoms with Gasteiger partial charge in [0, 0.05) is 13.2 Å². The van der Waals surface area contributed by atoms with Crippen LogP contribution in [0.15, 0.2) is 30.3 Å². The Balaban J connectivity index is 2.11. The van der Waals surface area contributed by atoms with E-state index in [9.17, 15) is 0 Å². The van der Waals surface area contributed by atoms with Crippen molar-refractivity contribution in [1.82, 2.24) is 0 Å². The lowest BCUT2D eigenvalue weighted by molar-refractivity contribution is -0.00780. The van der Waals surface area contributed by atoms with Crippen LogP contribution in [-0.2, 0) is 9.47 Å². The number of benzene rings is 1. The van der Waals surface area contributed by atoms with Crippen LogP contribution in [0.25, 0.3) is 0 Å². The van der Waals surface area contributed by atoms with E-state index in [1.54, 1.807) is 0 Å². The predicted molar refractivity (Wildman–Crippen MR) is 138 cm³/mol. The van der Waals surface area contributed by atoms with Crippen LogP contribution >= 0.6 is 0 Å². The first kappa shape index (κ1) is 29.0. The summed E-state index contributed by atoms with van der Waals surface area (Å²) < 4.78 is 18.0. The van der Waals surface area contributed by atoms with Crippen LogP contribution < -0.4 is 4.74 Å². The highest BCUT2D eigenvalue weighted by Crippen LogP contribution is 2.13. The highest BCUT2D eigenvalue weighted by Gasteiger charge is 2.11. The lowest BCUT2D eigenvalue weighted by Gasteiger charge is -2.19. The quantitative estimate of drug-likeness (QED) is 0.148. The Morgan fingerprint density at radius 3 is 1.38 bits per heavy atom. The molecule has 0 aliphatic rings. The number of hydrogen-bond donors (Lipinski definition) is 0. The summed E-state index contributed by atoms with van der Waals surface area (Å²) in [6.07, 6.45) is 21.2. The molecule has 186 valence electrons. The van der Waals surface area contributed by atoms with Crippen molar-refractivity contribution in [2.75, 3.05) is 26.4 Å². The van der Waals surface area contributed by atoms with Gasteiger partial charge in [0.1, 0.15) is 11.9 Å². The predicted octanol–water partition coefficient (Wildman–Crippen LogP) is 8.75. The molecular weight excluding hydrogens is 396 g/mol. The maximum absolute atomic E-state index is 6.13. The summed E-state index contributed by atoms with van der Waals surface area (Å²) in [4.78, 5) is 0. The first-order valence-corrected chi connectivity index (χ1v) is 13.7. The molecule has 0 saturated heterocycles. The molecule has 1 aromatic carbocycles. The molecule has 0 saturated carbocycles. The van der Waals surface area contributed by atoms with Crippen molar-refractivity contribution in [2.24, 2.45) is 0 Å². The number of unbranched alkanes of at least 4 members (excludes halogenated alkanes) is 14. The van der Waals surface area contributed by atoms with Gasteiger partial charge in [0.2, 0.25) is 0 Å². The van der Waals surface area contributed by atoms with Crippen LogP contribution in [0.4, 0.5) is 0 Å². The molecule has 1 aromatic rings. The number of hydrogen-bond acceptors (Lipinski definition) is 3. The molecule has 3 nitrogen and oxygen atoms in total. The Hall–Kier alpha value is -1.06. The molecule has 0 fully saturated rings. The molecule has 32 heavy (non-hydrogen) atoms. The average Bonchev–Trinajstić information content (AvgIpc) is 2.82. The molecule has 0 amide bonds. The summed E-state index contributed by atoms with van der Waals surface area (Å²) in [6.45, 7) is 7.39. The lowest BCUT2D eigenvalue weighted by atomic mass is 10.1. The Morgan fingerprint density at radius 2 is 0.938 bits per heavy atom. The summed E-state index contributed by atoms with van der Waals surface area (Å²) in [5, 5.41) is 0. The molecule has 0 radical (unpaired) electrons. The van der Waals surface area contributed by atoms with Gasteiger partial charge in [-0.25, -0.2) is 0 Å². The second-order valence-corrected chi connectivity index (χ2v) is 9.15. The smallest absolute Gasteiger partial charge is 0.145 e. The summed E-state index contributed by atoms with van der Waals surface area (Å²) in [5.41, 5.74) is 0. The summed E-state index contributed by atoms with van der Waals surface area (Å²) in [5.74, 6) is 0.892. The Morgan fingerprint density at radius 1 is 0.531 bits per heavy atom. The molecule has 0 N–H and O–H groups in total. The third-order valence-electron chi connectivity index (χ3n) is 5.94.